The van der Waals surface area contributed by atoms with E-state index in [4.69, 9.17) is 14.2 Å². The fourth-order valence-electron chi connectivity index (χ4n) is 9.95. The Bertz CT molecular complexity index is 976. The number of hydrogen-bond acceptors (Lipinski definition) is 5. The van der Waals surface area contributed by atoms with Crippen LogP contribution in [-0.2, 0) is 19.0 Å². The van der Waals surface area contributed by atoms with Crippen LogP contribution in [0.15, 0.2) is 11.6 Å². The number of rotatable bonds is 16. The fourth-order valence-corrected chi connectivity index (χ4v) is 9.95. The first-order valence-corrected chi connectivity index (χ1v) is 18.3. The van der Waals surface area contributed by atoms with Gasteiger partial charge in [-0.15, -0.1) is 0 Å². The average Bonchev–Trinajstić information content (AvgIpc) is 3.33. The summed E-state index contributed by atoms with van der Waals surface area (Å²) in [6.07, 6.45) is 16.6. The number of amides is 1. The standard InChI is InChI=1S/C38H65NO5/c1-26(2)9-8-10-28(5)32-13-14-33-31-12-11-29-25-30(15-18-37(29,6)34(31)16-19-38(32,33)7)44-36(41)39-20-22-43-24-23-42-21-17-35(40)27(3)4/h11,26-28,30-34H,8-10,12-25H2,1-7H3,(H,39,41)/t28-,30+,31+,32-,33+,34+,37+,38-/m1/s1. The van der Waals surface area contributed by atoms with Gasteiger partial charge in [-0.3, -0.25) is 4.79 Å². The molecule has 1 amide bonds. The van der Waals surface area contributed by atoms with Crippen LogP contribution in [0.3, 0.4) is 0 Å². The quantitative estimate of drug-likeness (QED) is 0.139. The van der Waals surface area contributed by atoms with Crippen molar-refractivity contribution in [2.24, 2.45) is 52.3 Å². The molecule has 3 fully saturated rings. The van der Waals surface area contributed by atoms with Crippen LogP contribution >= 0.6 is 0 Å². The zero-order valence-electron chi connectivity index (χ0n) is 29.3. The highest BCUT2D eigenvalue weighted by Gasteiger charge is 2.59. The third-order valence-electron chi connectivity index (χ3n) is 12.6. The molecular formula is C38H65NO5. The molecule has 0 aromatic carbocycles. The van der Waals surface area contributed by atoms with Crippen molar-refractivity contribution in [1.29, 1.82) is 0 Å². The molecule has 4 rings (SSSR count). The van der Waals surface area contributed by atoms with Crippen LogP contribution in [0.4, 0.5) is 4.79 Å². The summed E-state index contributed by atoms with van der Waals surface area (Å²) in [4.78, 5) is 24.2. The van der Waals surface area contributed by atoms with Gasteiger partial charge in [-0.2, -0.15) is 0 Å². The largest absolute Gasteiger partial charge is 0.446 e. The molecule has 4 aliphatic carbocycles. The Morgan fingerprint density at radius 1 is 0.909 bits per heavy atom. The molecule has 0 saturated heterocycles. The van der Waals surface area contributed by atoms with Crippen molar-refractivity contribution in [2.45, 2.75) is 132 Å². The normalized spacial score (nSPS) is 33.8. The first-order valence-electron chi connectivity index (χ1n) is 18.3. The van der Waals surface area contributed by atoms with Crippen LogP contribution < -0.4 is 5.32 Å². The van der Waals surface area contributed by atoms with Gasteiger partial charge in [0.1, 0.15) is 11.9 Å². The van der Waals surface area contributed by atoms with Gasteiger partial charge < -0.3 is 19.5 Å². The van der Waals surface area contributed by atoms with E-state index in [1.165, 1.54) is 51.4 Å². The summed E-state index contributed by atoms with van der Waals surface area (Å²) in [5, 5.41) is 2.86. The van der Waals surface area contributed by atoms with Gasteiger partial charge in [-0.25, -0.2) is 4.79 Å². The van der Waals surface area contributed by atoms with Crippen molar-refractivity contribution >= 4 is 11.9 Å². The van der Waals surface area contributed by atoms with E-state index in [1.54, 1.807) is 5.57 Å². The summed E-state index contributed by atoms with van der Waals surface area (Å²) in [6, 6.07) is 0. The summed E-state index contributed by atoms with van der Waals surface area (Å²) in [7, 11) is 0. The predicted octanol–water partition coefficient (Wildman–Crippen LogP) is 8.77. The molecule has 3 saturated carbocycles. The van der Waals surface area contributed by atoms with Crippen molar-refractivity contribution in [3.63, 3.8) is 0 Å². The first kappa shape index (κ1) is 35.5. The van der Waals surface area contributed by atoms with Gasteiger partial charge in [-0.1, -0.05) is 79.4 Å². The second-order valence-corrected chi connectivity index (χ2v) is 16.1. The topological polar surface area (TPSA) is 73.9 Å². The molecule has 44 heavy (non-hydrogen) atoms. The molecule has 6 nitrogen and oxygen atoms in total. The van der Waals surface area contributed by atoms with Crippen molar-refractivity contribution in [2.75, 3.05) is 33.0 Å². The number of allylic oxidation sites excluding steroid dienone is 1. The van der Waals surface area contributed by atoms with E-state index < -0.39 is 0 Å². The van der Waals surface area contributed by atoms with Crippen LogP contribution in [0.25, 0.3) is 0 Å². The summed E-state index contributed by atoms with van der Waals surface area (Å²) in [5.74, 6) is 5.31. The lowest BCUT2D eigenvalue weighted by atomic mass is 9.47. The molecule has 6 heteroatoms. The SMILES string of the molecule is CC(C)CCC[C@@H](C)[C@H]1CC[C@H]2[C@@H]3CC=C4C[C@@H](OC(=O)NCCOCCOCCC(=O)C(C)C)CC[C@]4(C)[C@H]3CC[C@]12C. The Labute approximate surface area is 269 Å². The lowest BCUT2D eigenvalue weighted by Crippen LogP contribution is -2.51. The number of ether oxygens (including phenoxy) is 3. The van der Waals surface area contributed by atoms with Gasteiger partial charge in [0.2, 0.25) is 0 Å². The molecule has 4 aliphatic rings. The van der Waals surface area contributed by atoms with E-state index in [9.17, 15) is 9.59 Å². The molecule has 0 bridgehead atoms. The van der Waals surface area contributed by atoms with E-state index in [2.05, 4.69) is 46.0 Å². The van der Waals surface area contributed by atoms with Gasteiger partial charge >= 0.3 is 6.09 Å². The number of carbonyl (C=O) groups is 2. The third kappa shape index (κ3) is 8.49. The maximum absolute atomic E-state index is 12.6. The molecule has 8 atom stereocenters. The molecular weight excluding hydrogens is 550 g/mol. The monoisotopic (exact) mass is 615 g/mol. The highest BCUT2D eigenvalue weighted by Crippen LogP contribution is 2.67. The van der Waals surface area contributed by atoms with Gasteiger partial charge in [0.05, 0.1) is 26.4 Å². The van der Waals surface area contributed by atoms with Crippen LogP contribution in [0.5, 0.6) is 0 Å². The number of alkyl carbamates (subject to hydrolysis) is 1. The molecule has 0 aromatic rings. The summed E-state index contributed by atoms with van der Waals surface area (Å²) < 4.78 is 16.9. The van der Waals surface area contributed by atoms with Gasteiger partial charge in [-0.05, 0) is 91.3 Å². The lowest BCUT2D eigenvalue weighted by molar-refractivity contribution is -0.123. The minimum Gasteiger partial charge on any atom is -0.446 e. The van der Waals surface area contributed by atoms with Crippen molar-refractivity contribution in [1.82, 2.24) is 5.32 Å². The number of nitrogens with one attached hydrogen (secondary N) is 1. The predicted molar refractivity (Wildman–Crippen MR) is 177 cm³/mol. The Kier molecular flexibility index (Phi) is 12.8. The van der Waals surface area contributed by atoms with Gasteiger partial charge in [0.25, 0.3) is 0 Å². The van der Waals surface area contributed by atoms with E-state index in [1.807, 2.05) is 13.8 Å². The van der Waals surface area contributed by atoms with Crippen molar-refractivity contribution < 1.29 is 23.8 Å². The second kappa shape index (κ2) is 15.9. The highest BCUT2D eigenvalue weighted by molar-refractivity contribution is 5.80. The van der Waals surface area contributed by atoms with E-state index >= 15 is 0 Å². The Balaban J connectivity index is 1.18. The zero-order valence-corrected chi connectivity index (χ0v) is 29.3. The lowest BCUT2D eigenvalue weighted by Gasteiger charge is -2.58. The van der Waals surface area contributed by atoms with Crippen molar-refractivity contribution in [3.8, 4) is 0 Å². The second-order valence-electron chi connectivity index (χ2n) is 16.1. The smallest absolute Gasteiger partial charge is 0.407 e. The van der Waals surface area contributed by atoms with Crippen LogP contribution in [0, 0.1) is 52.3 Å². The molecule has 0 aromatic heterocycles. The number of ketones is 1. The van der Waals surface area contributed by atoms with E-state index in [0.29, 0.717) is 44.8 Å². The molecule has 0 aliphatic heterocycles. The zero-order chi connectivity index (χ0) is 31.9. The minimum atomic E-state index is -0.340. The molecule has 0 spiro atoms. The number of Topliss-reactive ketones (excluding diaryl/α,β-unsaturated/α-hetero) is 1. The van der Waals surface area contributed by atoms with Gasteiger partial charge in [0, 0.05) is 25.3 Å². The Morgan fingerprint density at radius 2 is 1.66 bits per heavy atom. The summed E-state index contributed by atoms with van der Waals surface area (Å²) >= 11 is 0. The molecule has 0 radical (unpaired) electrons. The minimum absolute atomic E-state index is 0.0369. The molecule has 252 valence electrons. The van der Waals surface area contributed by atoms with Crippen LogP contribution in [-0.4, -0.2) is 51.0 Å². The molecule has 0 heterocycles. The number of hydrogen-bond donors (Lipinski definition) is 1. The Morgan fingerprint density at radius 3 is 2.39 bits per heavy atom. The Hall–Kier alpha value is -1.40. The molecule has 0 unspecified atom stereocenters. The van der Waals surface area contributed by atoms with Gasteiger partial charge in [0.15, 0.2) is 0 Å². The maximum atomic E-state index is 12.6. The van der Waals surface area contributed by atoms with Crippen LogP contribution in [0.2, 0.25) is 0 Å². The van der Waals surface area contributed by atoms with Crippen LogP contribution in [0.1, 0.15) is 126 Å². The number of fused-ring (bicyclic) bond motifs is 5. The van der Waals surface area contributed by atoms with E-state index in [-0.39, 0.29) is 29.3 Å². The number of carbonyl (C=O) groups excluding carboxylic acids is 2. The van der Waals surface area contributed by atoms with Crippen molar-refractivity contribution in [3.05, 3.63) is 11.6 Å². The summed E-state index contributed by atoms with van der Waals surface area (Å²) in [5.41, 5.74) is 2.34. The maximum Gasteiger partial charge on any atom is 0.407 e. The highest BCUT2D eigenvalue weighted by atomic mass is 16.6. The summed E-state index contributed by atoms with van der Waals surface area (Å²) in [6.45, 7) is 18.5. The third-order valence-corrected chi connectivity index (χ3v) is 12.6. The van der Waals surface area contributed by atoms with E-state index in [0.717, 1.165) is 54.8 Å². The first-order chi connectivity index (χ1) is 21.0. The molecule has 1 N–H and O–H groups in total. The average molecular weight is 616 g/mol. The fraction of sp³-hybridized carbons (Fsp3) is 0.895.